The van der Waals surface area contributed by atoms with E-state index in [1.54, 1.807) is 23.5 Å². The second-order valence-corrected chi connectivity index (χ2v) is 5.40. The SMILES string of the molecule is Cc1csc(C2CN(C(=N)/C=C\C(=N\N)NN)CCO2)n1.I. The summed E-state index contributed by atoms with van der Waals surface area (Å²) < 4.78 is 5.74. The lowest BCUT2D eigenvalue weighted by Crippen LogP contribution is -2.41. The molecule has 0 aromatic carbocycles. The van der Waals surface area contributed by atoms with E-state index in [-0.39, 0.29) is 30.1 Å². The molecule has 22 heavy (non-hydrogen) atoms. The van der Waals surface area contributed by atoms with Gasteiger partial charge in [0.1, 0.15) is 16.9 Å². The quantitative estimate of drug-likeness (QED) is 0.182. The van der Waals surface area contributed by atoms with Gasteiger partial charge in [0.2, 0.25) is 0 Å². The number of thiazole rings is 1. The molecule has 1 fully saturated rings. The summed E-state index contributed by atoms with van der Waals surface area (Å²) in [7, 11) is 0. The van der Waals surface area contributed by atoms with Crippen molar-refractivity contribution in [3.63, 3.8) is 0 Å². The minimum Gasteiger partial charge on any atom is -0.367 e. The van der Waals surface area contributed by atoms with Gasteiger partial charge in [-0.25, -0.2) is 10.8 Å². The standard InChI is InChI=1S/C12H19N7OS.HI/c1-8-7-21-12(16-8)9-6-19(4-5-20-9)10(13)2-3-11(17-14)18-15;/h2-3,7,9,13H,4-6,14-15H2,1H3,(H,17,18);1H/b3-2-,13-10?;. The van der Waals surface area contributed by atoms with E-state index in [4.69, 9.17) is 21.8 Å². The summed E-state index contributed by atoms with van der Waals surface area (Å²) in [6.07, 6.45) is 3.06. The zero-order chi connectivity index (χ0) is 15.2. The minimum absolute atomic E-state index is 0. The highest BCUT2D eigenvalue weighted by molar-refractivity contribution is 14.0. The van der Waals surface area contributed by atoms with Crippen molar-refractivity contribution in [2.45, 2.75) is 13.0 Å². The van der Waals surface area contributed by atoms with Crippen LogP contribution in [0.15, 0.2) is 22.6 Å². The van der Waals surface area contributed by atoms with Gasteiger partial charge in [-0.1, -0.05) is 0 Å². The summed E-state index contributed by atoms with van der Waals surface area (Å²) in [6, 6.07) is 0. The Morgan fingerprint density at radius 3 is 3.00 bits per heavy atom. The second kappa shape index (κ2) is 9.02. The van der Waals surface area contributed by atoms with Crippen molar-refractivity contribution < 1.29 is 4.74 Å². The molecule has 1 aliphatic heterocycles. The van der Waals surface area contributed by atoms with Crippen molar-refractivity contribution in [1.82, 2.24) is 15.3 Å². The normalized spacial score (nSPS) is 19.1. The van der Waals surface area contributed by atoms with Crippen LogP contribution in [0.5, 0.6) is 0 Å². The molecule has 0 saturated carbocycles. The van der Waals surface area contributed by atoms with E-state index < -0.39 is 0 Å². The molecule has 1 aliphatic rings. The Bertz CT molecular complexity index is 559. The number of morpholine rings is 1. The van der Waals surface area contributed by atoms with Crippen LogP contribution < -0.4 is 17.1 Å². The highest BCUT2D eigenvalue weighted by atomic mass is 127. The molecule has 1 atom stereocenters. The number of amidine groups is 2. The average Bonchev–Trinajstić information content (AvgIpc) is 2.95. The van der Waals surface area contributed by atoms with Gasteiger partial charge < -0.3 is 20.9 Å². The molecule has 122 valence electrons. The predicted molar refractivity (Wildman–Crippen MR) is 98.3 cm³/mol. The number of aromatic nitrogens is 1. The summed E-state index contributed by atoms with van der Waals surface area (Å²) in [5.74, 6) is 11.0. The van der Waals surface area contributed by atoms with Gasteiger partial charge in [-0.2, -0.15) is 5.10 Å². The van der Waals surface area contributed by atoms with Crippen LogP contribution in [-0.4, -0.2) is 41.3 Å². The van der Waals surface area contributed by atoms with Gasteiger partial charge in [0.15, 0.2) is 5.84 Å². The second-order valence-electron chi connectivity index (χ2n) is 4.51. The van der Waals surface area contributed by atoms with Crippen LogP contribution in [0.2, 0.25) is 0 Å². The molecule has 0 aliphatic carbocycles. The van der Waals surface area contributed by atoms with Crippen molar-refractivity contribution in [3.05, 3.63) is 28.2 Å². The average molecular weight is 437 g/mol. The Labute approximate surface area is 150 Å². The molecule has 8 nitrogen and oxygen atoms in total. The monoisotopic (exact) mass is 437 g/mol. The molecule has 2 rings (SSSR count). The summed E-state index contributed by atoms with van der Waals surface area (Å²) >= 11 is 1.58. The number of hydrogen-bond acceptors (Lipinski definition) is 7. The zero-order valence-electron chi connectivity index (χ0n) is 12.2. The topological polar surface area (TPSA) is 126 Å². The third kappa shape index (κ3) is 4.90. The maximum Gasteiger partial charge on any atom is 0.159 e. The number of rotatable bonds is 3. The Morgan fingerprint density at radius 2 is 2.41 bits per heavy atom. The first-order valence-corrected chi connectivity index (χ1v) is 7.31. The lowest BCUT2D eigenvalue weighted by molar-refractivity contribution is -0.00696. The van der Waals surface area contributed by atoms with Gasteiger partial charge in [0, 0.05) is 17.6 Å². The van der Waals surface area contributed by atoms with E-state index in [1.807, 2.05) is 17.2 Å². The number of hydrazine groups is 1. The summed E-state index contributed by atoms with van der Waals surface area (Å²) in [5, 5.41) is 14.5. The lowest BCUT2D eigenvalue weighted by atomic mass is 10.2. The molecule has 2 heterocycles. The number of hydrogen-bond donors (Lipinski definition) is 4. The third-order valence-electron chi connectivity index (χ3n) is 3.01. The number of hydrazone groups is 1. The fourth-order valence-corrected chi connectivity index (χ4v) is 2.76. The highest BCUT2D eigenvalue weighted by Gasteiger charge is 2.24. The molecule has 0 radical (unpaired) electrons. The van der Waals surface area contributed by atoms with Crippen LogP contribution in [0.25, 0.3) is 0 Å². The smallest absolute Gasteiger partial charge is 0.159 e. The molecular weight excluding hydrogens is 417 g/mol. The van der Waals surface area contributed by atoms with E-state index in [0.717, 1.165) is 10.7 Å². The first-order valence-electron chi connectivity index (χ1n) is 6.43. The molecule has 1 aromatic heterocycles. The molecule has 0 bridgehead atoms. The number of aryl methyl sites for hydroxylation is 1. The van der Waals surface area contributed by atoms with Crippen LogP contribution >= 0.6 is 35.3 Å². The van der Waals surface area contributed by atoms with E-state index >= 15 is 0 Å². The molecule has 1 saturated heterocycles. The number of nitrogens with zero attached hydrogens (tertiary/aromatic N) is 3. The maximum atomic E-state index is 8.09. The van der Waals surface area contributed by atoms with E-state index in [9.17, 15) is 0 Å². The van der Waals surface area contributed by atoms with Crippen LogP contribution in [0.3, 0.4) is 0 Å². The van der Waals surface area contributed by atoms with Crippen molar-refractivity contribution in [2.75, 3.05) is 19.7 Å². The van der Waals surface area contributed by atoms with Crippen molar-refractivity contribution in [3.8, 4) is 0 Å². The van der Waals surface area contributed by atoms with Gasteiger partial charge in [-0.15, -0.1) is 35.3 Å². The highest BCUT2D eigenvalue weighted by Crippen LogP contribution is 2.25. The first kappa shape index (κ1) is 18.8. The lowest BCUT2D eigenvalue weighted by Gasteiger charge is -2.32. The summed E-state index contributed by atoms with van der Waals surface area (Å²) in [6.45, 7) is 3.78. The molecule has 0 amide bonds. The maximum absolute atomic E-state index is 8.09. The summed E-state index contributed by atoms with van der Waals surface area (Å²) in [4.78, 5) is 6.37. The number of halogens is 1. The van der Waals surface area contributed by atoms with Crippen molar-refractivity contribution in [2.24, 2.45) is 16.8 Å². The third-order valence-corrected chi connectivity index (χ3v) is 4.06. The van der Waals surface area contributed by atoms with E-state index in [0.29, 0.717) is 31.4 Å². The van der Waals surface area contributed by atoms with Crippen LogP contribution in [0, 0.1) is 12.3 Å². The van der Waals surface area contributed by atoms with E-state index in [1.165, 1.54) is 0 Å². The molecule has 0 spiro atoms. The number of nitrogens with two attached hydrogens (primary N) is 2. The molecule has 1 unspecified atom stereocenters. The predicted octanol–water partition coefficient (Wildman–Crippen LogP) is 0.712. The largest absolute Gasteiger partial charge is 0.367 e. The van der Waals surface area contributed by atoms with Gasteiger partial charge in [0.25, 0.3) is 0 Å². The zero-order valence-corrected chi connectivity index (χ0v) is 15.3. The van der Waals surface area contributed by atoms with E-state index in [2.05, 4.69) is 15.5 Å². The van der Waals surface area contributed by atoms with Crippen LogP contribution in [0.1, 0.15) is 16.8 Å². The Kier molecular flexibility index (Phi) is 7.72. The van der Waals surface area contributed by atoms with Crippen LogP contribution in [-0.2, 0) is 4.74 Å². The van der Waals surface area contributed by atoms with Gasteiger partial charge in [-0.05, 0) is 19.1 Å². The van der Waals surface area contributed by atoms with Gasteiger partial charge in [0.05, 0.1) is 13.2 Å². The number of ether oxygens (including phenoxy) is 1. The minimum atomic E-state index is -0.0959. The first-order chi connectivity index (χ1) is 10.1. The molecule has 6 N–H and O–H groups in total. The van der Waals surface area contributed by atoms with Crippen molar-refractivity contribution in [1.29, 1.82) is 5.41 Å². The van der Waals surface area contributed by atoms with Gasteiger partial charge >= 0.3 is 0 Å². The van der Waals surface area contributed by atoms with Crippen LogP contribution in [0.4, 0.5) is 0 Å². The van der Waals surface area contributed by atoms with Gasteiger partial charge in [-0.3, -0.25) is 5.41 Å². The Balaban J connectivity index is 0.00000242. The fourth-order valence-electron chi connectivity index (χ4n) is 1.93. The fraction of sp³-hybridized carbons (Fsp3) is 0.417. The number of nitrogens with one attached hydrogen (secondary N) is 2. The van der Waals surface area contributed by atoms with Crippen molar-refractivity contribution >= 4 is 47.0 Å². The summed E-state index contributed by atoms with van der Waals surface area (Å²) in [5.41, 5.74) is 3.33. The Hall–Kier alpha value is -1.24. The molecular formula is C12H20IN7OS. The molecule has 10 heteroatoms. The molecule has 1 aromatic rings. The Morgan fingerprint density at radius 1 is 1.64 bits per heavy atom.